The predicted octanol–water partition coefficient (Wildman–Crippen LogP) is 3.56. The van der Waals surface area contributed by atoms with E-state index in [1.54, 1.807) is 18.4 Å². The number of phenols is 1. The fraction of sp³-hybridized carbons (Fsp3) is 0.364. The van der Waals surface area contributed by atoms with E-state index < -0.39 is 5.97 Å². The van der Waals surface area contributed by atoms with Crippen LogP contribution in [-0.4, -0.2) is 24.1 Å². The molecule has 0 fully saturated rings. The zero-order valence-corrected chi connectivity index (χ0v) is 16.8. The largest absolute Gasteiger partial charge is 0.507 e. The monoisotopic (exact) mass is 399 g/mol. The van der Waals surface area contributed by atoms with Gasteiger partial charge >= 0.3 is 5.97 Å². The molecule has 154 valence electrons. The van der Waals surface area contributed by atoms with Gasteiger partial charge in [-0.15, -0.1) is 0 Å². The van der Waals surface area contributed by atoms with Gasteiger partial charge in [0.25, 0.3) is 0 Å². The molecule has 2 aromatic rings. The standard InChI is InChI=1S/C22H25NO6/c1-13(7-9-18(24)23-11-15-5-4-10-28-15)6-8-16-20(25)19-17(12-29-22(19)26)14(2)21(16)27-3/h4-6,10,25H,7-9,11-12H2,1-3H3,(H,23,24)/b13-6+. The highest BCUT2D eigenvalue weighted by Gasteiger charge is 2.31. The van der Waals surface area contributed by atoms with Gasteiger partial charge in [-0.2, -0.15) is 0 Å². The van der Waals surface area contributed by atoms with Crippen LogP contribution in [0.15, 0.2) is 34.5 Å². The quantitative estimate of drug-likeness (QED) is 0.520. The molecule has 0 bridgehead atoms. The lowest BCUT2D eigenvalue weighted by molar-refractivity contribution is -0.121. The van der Waals surface area contributed by atoms with Gasteiger partial charge in [-0.05, 0) is 44.4 Å². The van der Waals surface area contributed by atoms with Crippen molar-refractivity contribution in [1.29, 1.82) is 0 Å². The highest BCUT2D eigenvalue weighted by molar-refractivity contribution is 5.98. The maximum Gasteiger partial charge on any atom is 0.342 e. The van der Waals surface area contributed by atoms with Gasteiger partial charge in [-0.25, -0.2) is 4.79 Å². The van der Waals surface area contributed by atoms with Crippen LogP contribution in [0.4, 0.5) is 0 Å². The Kier molecular flexibility index (Phi) is 6.26. The van der Waals surface area contributed by atoms with Crippen LogP contribution < -0.4 is 10.1 Å². The first-order valence-corrected chi connectivity index (χ1v) is 9.45. The summed E-state index contributed by atoms with van der Waals surface area (Å²) >= 11 is 0. The van der Waals surface area contributed by atoms with E-state index in [2.05, 4.69) is 5.32 Å². The number of esters is 1. The minimum Gasteiger partial charge on any atom is -0.507 e. The van der Waals surface area contributed by atoms with Crippen molar-refractivity contribution in [2.24, 2.45) is 0 Å². The minimum atomic E-state index is -0.515. The van der Waals surface area contributed by atoms with Crippen molar-refractivity contribution >= 4 is 11.9 Å². The predicted molar refractivity (Wildman–Crippen MR) is 106 cm³/mol. The molecule has 2 N–H and O–H groups in total. The molecule has 1 aliphatic rings. The van der Waals surface area contributed by atoms with Gasteiger partial charge < -0.3 is 24.3 Å². The van der Waals surface area contributed by atoms with Gasteiger partial charge in [0.15, 0.2) is 0 Å². The minimum absolute atomic E-state index is 0.0642. The number of cyclic esters (lactones) is 1. The third kappa shape index (κ3) is 4.45. The maximum atomic E-state index is 12.0. The lowest BCUT2D eigenvalue weighted by Crippen LogP contribution is -2.22. The van der Waals surface area contributed by atoms with Crippen LogP contribution in [0.5, 0.6) is 11.5 Å². The van der Waals surface area contributed by atoms with Crippen LogP contribution in [-0.2, 0) is 29.1 Å². The highest BCUT2D eigenvalue weighted by atomic mass is 16.5. The Labute approximate surface area is 169 Å². The molecular formula is C22H25NO6. The highest BCUT2D eigenvalue weighted by Crippen LogP contribution is 2.42. The molecule has 0 aliphatic carbocycles. The number of methoxy groups -OCH3 is 1. The molecule has 3 rings (SSSR count). The average molecular weight is 399 g/mol. The Bertz CT molecular complexity index is 943. The smallest absolute Gasteiger partial charge is 0.342 e. The van der Waals surface area contributed by atoms with E-state index in [-0.39, 0.29) is 23.8 Å². The van der Waals surface area contributed by atoms with Gasteiger partial charge in [0, 0.05) is 17.5 Å². The molecule has 0 saturated carbocycles. The maximum absolute atomic E-state index is 12.0. The van der Waals surface area contributed by atoms with Crippen molar-refractivity contribution in [3.8, 4) is 11.5 Å². The first-order valence-electron chi connectivity index (χ1n) is 9.45. The number of benzene rings is 1. The number of carbonyl (C=O) groups is 2. The number of aromatic hydroxyl groups is 1. The summed E-state index contributed by atoms with van der Waals surface area (Å²) in [5.74, 6) is 0.591. The normalized spacial score (nSPS) is 13.2. The molecule has 0 unspecified atom stereocenters. The summed E-state index contributed by atoms with van der Waals surface area (Å²) in [6.45, 7) is 4.29. The molecule has 1 amide bonds. The van der Waals surface area contributed by atoms with Crippen molar-refractivity contribution < 1.29 is 28.6 Å². The van der Waals surface area contributed by atoms with Gasteiger partial charge in [0.2, 0.25) is 5.91 Å². The van der Waals surface area contributed by atoms with Gasteiger partial charge in [-0.3, -0.25) is 4.79 Å². The number of amides is 1. The molecule has 0 saturated heterocycles. The number of hydrogen-bond donors (Lipinski definition) is 2. The van der Waals surface area contributed by atoms with Crippen molar-refractivity contribution in [2.45, 2.75) is 46.3 Å². The summed E-state index contributed by atoms with van der Waals surface area (Å²) in [7, 11) is 1.54. The number of furan rings is 1. The van der Waals surface area contributed by atoms with E-state index in [0.717, 1.165) is 11.1 Å². The second-order valence-electron chi connectivity index (χ2n) is 7.03. The molecule has 7 heteroatoms. The topological polar surface area (TPSA) is 98.0 Å². The van der Waals surface area contributed by atoms with E-state index in [1.807, 2.05) is 19.9 Å². The van der Waals surface area contributed by atoms with Crippen molar-refractivity contribution in [3.05, 3.63) is 58.1 Å². The van der Waals surface area contributed by atoms with Gasteiger partial charge in [0.1, 0.15) is 29.4 Å². The number of nitrogens with one attached hydrogen (secondary N) is 1. The van der Waals surface area contributed by atoms with E-state index in [0.29, 0.717) is 48.4 Å². The lowest BCUT2D eigenvalue weighted by atomic mass is 9.94. The summed E-state index contributed by atoms with van der Waals surface area (Å²) in [6, 6.07) is 3.58. The van der Waals surface area contributed by atoms with Crippen molar-refractivity contribution in [3.63, 3.8) is 0 Å². The number of phenolic OH excluding ortho intramolecular Hbond substituents is 1. The number of fused-ring (bicyclic) bond motifs is 1. The number of carbonyl (C=O) groups excluding carboxylic acids is 2. The number of rotatable bonds is 8. The second kappa shape index (κ2) is 8.86. The molecule has 0 radical (unpaired) electrons. The van der Waals surface area contributed by atoms with Crippen molar-refractivity contribution in [1.82, 2.24) is 5.32 Å². The Balaban J connectivity index is 1.64. The molecule has 1 aliphatic heterocycles. The Morgan fingerprint density at radius 1 is 1.38 bits per heavy atom. The Morgan fingerprint density at radius 3 is 2.86 bits per heavy atom. The zero-order valence-electron chi connectivity index (χ0n) is 16.8. The van der Waals surface area contributed by atoms with Crippen LogP contribution in [0.25, 0.3) is 0 Å². The van der Waals surface area contributed by atoms with Crippen LogP contribution in [0, 0.1) is 6.92 Å². The average Bonchev–Trinajstić information content (AvgIpc) is 3.36. The van der Waals surface area contributed by atoms with Gasteiger partial charge in [-0.1, -0.05) is 11.6 Å². The molecule has 7 nitrogen and oxygen atoms in total. The van der Waals surface area contributed by atoms with Crippen molar-refractivity contribution in [2.75, 3.05) is 7.11 Å². The molecule has 1 aromatic heterocycles. The van der Waals surface area contributed by atoms with Crippen LogP contribution >= 0.6 is 0 Å². The summed E-state index contributed by atoms with van der Waals surface area (Å²) in [5, 5.41) is 13.4. The molecule has 0 spiro atoms. The summed E-state index contributed by atoms with van der Waals surface area (Å²) in [6.07, 6.45) is 4.82. The Hall–Kier alpha value is -3.22. The third-order valence-electron chi connectivity index (χ3n) is 5.09. The van der Waals surface area contributed by atoms with Crippen LogP contribution in [0.3, 0.4) is 0 Å². The molecule has 2 heterocycles. The summed E-state index contributed by atoms with van der Waals surface area (Å²) in [5.41, 5.74) is 3.23. The third-order valence-corrected chi connectivity index (χ3v) is 5.09. The summed E-state index contributed by atoms with van der Waals surface area (Å²) < 4.78 is 15.7. The molecule has 29 heavy (non-hydrogen) atoms. The summed E-state index contributed by atoms with van der Waals surface area (Å²) in [4.78, 5) is 24.0. The number of ether oxygens (including phenoxy) is 2. The van der Waals surface area contributed by atoms with Crippen LogP contribution in [0.2, 0.25) is 0 Å². The molecule has 1 aromatic carbocycles. The fourth-order valence-corrected chi connectivity index (χ4v) is 3.40. The van der Waals surface area contributed by atoms with E-state index in [1.165, 1.54) is 7.11 Å². The van der Waals surface area contributed by atoms with E-state index in [4.69, 9.17) is 13.9 Å². The lowest BCUT2D eigenvalue weighted by Gasteiger charge is -2.15. The van der Waals surface area contributed by atoms with Crippen LogP contribution in [0.1, 0.15) is 52.6 Å². The van der Waals surface area contributed by atoms with E-state index >= 15 is 0 Å². The first-order chi connectivity index (χ1) is 13.9. The van der Waals surface area contributed by atoms with E-state index in [9.17, 15) is 14.7 Å². The van der Waals surface area contributed by atoms with Gasteiger partial charge in [0.05, 0.1) is 19.9 Å². The Morgan fingerprint density at radius 2 is 2.17 bits per heavy atom. The molecule has 0 atom stereocenters. The second-order valence-corrected chi connectivity index (χ2v) is 7.03. The zero-order chi connectivity index (χ0) is 21.0. The molecular weight excluding hydrogens is 374 g/mol. The SMILES string of the molecule is COc1c(C)c2c(c(O)c1C/C=C(\C)CCC(=O)NCc1ccco1)C(=O)OC2. The fourth-order valence-electron chi connectivity index (χ4n) is 3.40. The number of allylic oxidation sites excluding steroid dienone is 2. The number of hydrogen-bond acceptors (Lipinski definition) is 6. The first kappa shape index (κ1) is 20.5.